The van der Waals surface area contributed by atoms with E-state index in [0.717, 1.165) is 10.4 Å². The number of anilines is 2. The van der Waals surface area contributed by atoms with Crippen LogP contribution in [-0.2, 0) is 4.79 Å². The summed E-state index contributed by atoms with van der Waals surface area (Å²) in [4.78, 5) is 17.0. The van der Waals surface area contributed by atoms with Crippen LogP contribution in [0.5, 0.6) is 11.5 Å². The molecule has 0 radical (unpaired) electrons. The fourth-order valence-corrected chi connectivity index (χ4v) is 3.39. The highest BCUT2D eigenvalue weighted by molar-refractivity contribution is 7.16. The number of benzene rings is 1. The molecule has 0 unspecified atom stereocenters. The molecule has 0 bridgehead atoms. The smallest absolute Gasteiger partial charge is 0.226 e. The molecule has 2 heterocycles. The summed E-state index contributed by atoms with van der Waals surface area (Å²) in [6, 6.07) is 5.66. The monoisotopic (exact) mass is 305 g/mol. The number of nitrogens with two attached hydrogens (primary N) is 1. The number of rotatable bonds is 3. The van der Waals surface area contributed by atoms with Gasteiger partial charge >= 0.3 is 0 Å². The lowest BCUT2D eigenvalue weighted by Crippen LogP contribution is -2.22. The number of nitrogens with zero attached hydrogens (tertiary/aromatic N) is 1. The number of hydrogen-bond donors (Lipinski definition) is 2. The molecule has 0 aliphatic carbocycles. The van der Waals surface area contributed by atoms with E-state index in [1.807, 2.05) is 18.2 Å². The van der Waals surface area contributed by atoms with Gasteiger partial charge in [0.25, 0.3) is 0 Å². The van der Waals surface area contributed by atoms with Gasteiger partial charge in [-0.25, -0.2) is 4.98 Å². The maximum Gasteiger partial charge on any atom is 0.226 e. The number of aromatic nitrogens is 1. The largest absolute Gasteiger partial charge is 0.493 e. The first-order valence-electron chi connectivity index (χ1n) is 6.40. The van der Waals surface area contributed by atoms with E-state index in [4.69, 9.17) is 15.2 Å². The van der Waals surface area contributed by atoms with Gasteiger partial charge in [-0.05, 0) is 17.7 Å². The van der Waals surface area contributed by atoms with Crippen molar-refractivity contribution in [2.75, 3.05) is 25.3 Å². The molecule has 0 spiro atoms. The molecule has 1 aromatic heterocycles. The van der Waals surface area contributed by atoms with Crippen molar-refractivity contribution in [1.29, 1.82) is 0 Å². The summed E-state index contributed by atoms with van der Waals surface area (Å²) in [6.07, 6.45) is 0.365. The molecule has 1 aliphatic heterocycles. The molecule has 6 nitrogen and oxygen atoms in total. The molecule has 0 saturated carbocycles. The van der Waals surface area contributed by atoms with E-state index in [0.29, 0.717) is 28.9 Å². The maximum absolute atomic E-state index is 11.9. The Hall–Kier alpha value is -2.28. The minimum Gasteiger partial charge on any atom is -0.493 e. The second kappa shape index (κ2) is 5.25. The Bertz CT molecular complexity index is 699. The third kappa shape index (κ3) is 2.40. The van der Waals surface area contributed by atoms with Gasteiger partial charge in [0.2, 0.25) is 5.91 Å². The average molecular weight is 305 g/mol. The minimum absolute atomic E-state index is 0.0624. The summed E-state index contributed by atoms with van der Waals surface area (Å²) in [5, 5.41) is 3.21. The summed E-state index contributed by atoms with van der Waals surface area (Å²) < 4.78 is 10.6. The van der Waals surface area contributed by atoms with E-state index in [-0.39, 0.29) is 11.8 Å². The molecule has 1 aromatic carbocycles. The van der Waals surface area contributed by atoms with Crippen molar-refractivity contribution in [3.8, 4) is 11.5 Å². The first kappa shape index (κ1) is 13.7. The molecule has 7 heteroatoms. The Balaban J connectivity index is 2.06. The lowest BCUT2D eigenvalue weighted by atomic mass is 9.91. The highest BCUT2D eigenvalue weighted by Crippen LogP contribution is 2.43. The fraction of sp³-hybridized carbons (Fsp3) is 0.286. The van der Waals surface area contributed by atoms with Crippen molar-refractivity contribution < 1.29 is 14.3 Å². The van der Waals surface area contributed by atoms with Crippen LogP contribution in [0.4, 0.5) is 10.9 Å². The highest BCUT2D eigenvalue weighted by atomic mass is 32.1. The Morgan fingerprint density at radius 2 is 2.10 bits per heavy atom. The first-order chi connectivity index (χ1) is 10.1. The fourth-order valence-electron chi connectivity index (χ4n) is 2.47. The van der Waals surface area contributed by atoms with Gasteiger partial charge in [-0.2, -0.15) is 0 Å². The lowest BCUT2D eigenvalue weighted by molar-refractivity contribution is -0.116. The maximum atomic E-state index is 11.9. The van der Waals surface area contributed by atoms with Crippen molar-refractivity contribution >= 4 is 28.2 Å². The van der Waals surface area contributed by atoms with E-state index in [1.165, 1.54) is 11.3 Å². The summed E-state index contributed by atoms with van der Waals surface area (Å²) in [5.41, 5.74) is 6.74. The topological polar surface area (TPSA) is 86.5 Å². The van der Waals surface area contributed by atoms with Crippen molar-refractivity contribution in [2.45, 2.75) is 12.3 Å². The summed E-state index contributed by atoms with van der Waals surface area (Å²) in [5.74, 6) is 1.73. The second-order valence-corrected chi connectivity index (χ2v) is 5.75. The molecule has 0 saturated heterocycles. The normalized spacial score (nSPS) is 17.0. The van der Waals surface area contributed by atoms with E-state index >= 15 is 0 Å². The minimum atomic E-state index is -0.0663. The summed E-state index contributed by atoms with van der Waals surface area (Å²) in [7, 11) is 3.18. The average Bonchev–Trinajstić information content (AvgIpc) is 2.85. The molecule has 110 valence electrons. The van der Waals surface area contributed by atoms with Gasteiger partial charge in [0.1, 0.15) is 5.82 Å². The highest BCUT2D eigenvalue weighted by Gasteiger charge is 2.30. The molecule has 1 atom stereocenters. The number of nitrogens with one attached hydrogen (secondary N) is 1. The lowest BCUT2D eigenvalue weighted by Gasteiger charge is -2.22. The zero-order valence-corrected chi connectivity index (χ0v) is 12.5. The number of methoxy groups -OCH3 is 2. The number of carbonyl (C=O) groups is 1. The van der Waals surface area contributed by atoms with Gasteiger partial charge < -0.3 is 20.5 Å². The molecule has 3 N–H and O–H groups in total. The van der Waals surface area contributed by atoms with Gasteiger partial charge in [0.05, 0.1) is 19.1 Å². The van der Waals surface area contributed by atoms with Crippen molar-refractivity contribution in [3.05, 3.63) is 28.6 Å². The second-order valence-electron chi connectivity index (χ2n) is 4.68. The van der Waals surface area contributed by atoms with E-state index in [2.05, 4.69) is 10.3 Å². The Labute approximate surface area is 125 Å². The van der Waals surface area contributed by atoms with E-state index in [1.54, 1.807) is 14.2 Å². The standard InChI is InChI=1S/C14H15N3O3S/c1-19-9-4-3-7(5-10(9)20-2)8-6-11(18)16-13-12(8)21-14(15)17-13/h3-5,8H,6H2,1-2H3,(H2,15,17)(H,16,18)/t8-/m0/s1. The van der Waals surface area contributed by atoms with Gasteiger partial charge in [-0.1, -0.05) is 17.4 Å². The number of nitrogen functional groups attached to an aromatic ring is 1. The van der Waals surface area contributed by atoms with Crippen LogP contribution in [0.25, 0.3) is 0 Å². The Morgan fingerprint density at radius 3 is 2.81 bits per heavy atom. The van der Waals surface area contributed by atoms with Crippen molar-refractivity contribution in [3.63, 3.8) is 0 Å². The molecule has 1 amide bonds. The van der Waals surface area contributed by atoms with Crippen LogP contribution in [0.15, 0.2) is 18.2 Å². The van der Waals surface area contributed by atoms with Crippen LogP contribution in [-0.4, -0.2) is 25.1 Å². The molecular formula is C14H15N3O3S. The van der Waals surface area contributed by atoms with Gasteiger partial charge in [-0.3, -0.25) is 4.79 Å². The van der Waals surface area contributed by atoms with Crippen LogP contribution >= 0.6 is 11.3 Å². The van der Waals surface area contributed by atoms with Gasteiger partial charge in [0.15, 0.2) is 16.6 Å². The molecule has 2 aromatic rings. The predicted octanol–water partition coefficient (Wildman–Crippen LogP) is 2.22. The van der Waals surface area contributed by atoms with Gasteiger partial charge in [-0.15, -0.1) is 0 Å². The van der Waals surface area contributed by atoms with Gasteiger partial charge in [0, 0.05) is 12.3 Å². The SMILES string of the molecule is COc1ccc([C@@H]2CC(=O)Nc3nc(N)sc32)cc1OC. The zero-order chi connectivity index (χ0) is 15.0. The Morgan fingerprint density at radius 1 is 1.33 bits per heavy atom. The number of hydrogen-bond acceptors (Lipinski definition) is 6. The van der Waals surface area contributed by atoms with Crippen LogP contribution in [0.3, 0.4) is 0 Å². The van der Waals surface area contributed by atoms with Crippen LogP contribution in [0.2, 0.25) is 0 Å². The number of amides is 1. The van der Waals surface area contributed by atoms with E-state index < -0.39 is 0 Å². The third-order valence-corrected chi connectivity index (χ3v) is 4.44. The Kier molecular flexibility index (Phi) is 3.42. The zero-order valence-electron chi connectivity index (χ0n) is 11.7. The quantitative estimate of drug-likeness (QED) is 0.908. The number of thiazole rings is 1. The summed E-state index contributed by atoms with van der Waals surface area (Å²) in [6.45, 7) is 0. The van der Waals surface area contributed by atoms with Crippen molar-refractivity contribution in [1.82, 2.24) is 4.98 Å². The molecular weight excluding hydrogens is 290 g/mol. The predicted molar refractivity (Wildman–Crippen MR) is 81.2 cm³/mol. The first-order valence-corrected chi connectivity index (χ1v) is 7.22. The van der Waals surface area contributed by atoms with Crippen molar-refractivity contribution in [2.24, 2.45) is 0 Å². The molecule has 21 heavy (non-hydrogen) atoms. The number of ether oxygens (including phenoxy) is 2. The molecule has 3 rings (SSSR count). The van der Waals surface area contributed by atoms with Crippen LogP contribution < -0.4 is 20.5 Å². The van der Waals surface area contributed by atoms with Crippen LogP contribution in [0.1, 0.15) is 22.8 Å². The molecule has 1 aliphatic rings. The number of carbonyl (C=O) groups excluding carboxylic acids is 1. The van der Waals surface area contributed by atoms with E-state index in [9.17, 15) is 4.79 Å². The van der Waals surface area contributed by atoms with Crippen LogP contribution in [0, 0.1) is 0 Å². The summed E-state index contributed by atoms with van der Waals surface area (Å²) >= 11 is 1.40. The third-order valence-electron chi connectivity index (χ3n) is 3.44. The molecule has 0 fully saturated rings. The number of fused-ring (bicyclic) bond motifs is 1.